The lowest BCUT2D eigenvalue weighted by atomic mass is 9.98. The Morgan fingerprint density at radius 2 is 2.33 bits per heavy atom. The molecule has 1 unspecified atom stereocenters. The molecule has 0 aliphatic carbocycles. The number of fused-ring (bicyclic) bond motifs is 1. The van der Waals surface area contributed by atoms with Crippen LogP contribution < -0.4 is 5.73 Å². The molecule has 1 atom stereocenters. The molecule has 1 aromatic carbocycles. The predicted octanol–water partition coefficient (Wildman–Crippen LogP) is 1.95. The SMILES string of the molecule is Cc1nc2ccc(C(CN)c3ncc[nH]3)cc2o1. The summed E-state index contributed by atoms with van der Waals surface area (Å²) in [4.78, 5) is 11.7. The summed E-state index contributed by atoms with van der Waals surface area (Å²) < 4.78 is 5.54. The first-order valence-corrected chi connectivity index (χ1v) is 5.84. The van der Waals surface area contributed by atoms with Gasteiger partial charge in [0.2, 0.25) is 0 Å². The fourth-order valence-corrected chi connectivity index (χ4v) is 2.15. The summed E-state index contributed by atoms with van der Waals surface area (Å²) in [7, 11) is 0. The number of rotatable bonds is 3. The van der Waals surface area contributed by atoms with Crippen molar-refractivity contribution >= 4 is 11.1 Å². The number of aromatic amines is 1. The quantitative estimate of drug-likeness (QED) is 0.735. The molecule has 5 heteroatoms. The number of oxazole rings is 1. The van der Waals surface area contributed by atoms with Gasteiger partial charge in [-0.3, -0.25) is 0 Å². The maximum absolute atomic E-state index is 5.84. The van der Waals surface area contributed by atoms with Gasteiger partial charge in [-0.1, -0.05) is 6.07 Å². The number of aryl methyl sites for hydroxylation is 1. The second kappa shape index (κ2) is 4.27. The summed E-state index contributed by atoms with van der Waals surface area (Å²) in [5.74, 6) is 1.59. The number of hydrogen-bond acceptors (Lipinski definition) is 4. The molecule has 0 spiro atoms. The number of hydrogen-bond donors (Lipinski definition) is 2. The van der Waals surface area contributed by atoms with E-state index in [9.17, 15) is 0 Å². The molecule has 2 heterocycles. The highest BCUT2D eigenvalue weighted by atomic mass is 16.3. The molecule has 18 heavy (non-hydrogen) atoms. The van der Waals surface area contributed by atoms with E-state index in [4.69, 9.17) is 10.2 Å². The second-order valence-corrected chi connectivity index (χ2v) is 4.22. The first kappa shape index (κ1) is 11.0. The van der Waals surface area contributed by atoms with E-state index in [2.05, 4.69) is 15.0 Å². The Labute approximate surface area is 104 Å². The zero-order valence-electron chi connectivity index (χ0n) is 10.1. The van der Waals surface area contributed by atoms with Gasteiger partial charge in [0, 0.05) is 25.9 Å². The Kier molecular flexibility index (Phi) is 2.60. The Balaban J connectivity index is 2.07. The minimum Gasteiger partial charge on any atom is -0.441 e. The molecule has 0 aliphatic rings. The Morgan fingerprint density at radius 3 is 3.06 bits per heavy atom. The van der Waals surface area contributed by atoms with Gasteiger partial charge in [-0.05, 0) is 17.7 Å². The molecule has 0 saturated carbocycles. The van der Waals surface area contributed by atoms with Crippen LogP contribution in [-0.2, 0) is 0 Å². The van der Waals surface area contributed by atoms with Crippen molar-refractivity contribution < 1.29 is 4.42 Å². The van der Waals surface area contributed by atoms with Crippen molar-refractivity contribution in [1.82, 2.24) is 15.0 Å². The summed E-state index contributed by atoms with van der Waals surface area (Å²) in [5.41, 5.74) is 8.57. The summed E-state index contributed by atoms with van der Waals surface area (Å²) in [6.07, 6.45) is 3.53. The van der Waals surface area contributed by atoms with Crippen LogP contribution in [0, 0.1) is 6.92 Å². The van der Waals surface area contributed by atoms with Gasteiger partial charge in [0.25, 0.3) is 0 Å². The van der Waals surface area contributed by atoms with Crippen LogP contribution >= 0.6 is 0 Å². The van der Waals surface area contributed by atoms with Crippen molar-refractivity contribution in [2.45, 2.75) is 12.8 Å². The third kappa shape index (κ3) is 1.78. The summed E-state index contributed by atoms with van der Waals surface area (Å²) >= 11 is 0. The van der Waals surface area contributed by atoms with Gasteiger partial charge in [-0.15, -0.1) is 0 Å². The highest BCUT2D eigenvalue weighted by Crippen LogP contribution is 2.25. The van der Waals surface area contributed by atoms with E-state index >= 15 is 0 Å². The average Bonchev–Trinajstić information content (AvgIpc) is 2.97. The van der Waals surface area contributed by atoms with E-state index in [1.807, 2.05) is 25.1 Å². The minimum absolute atomic E-state index is 0.0507. The highest BCUT2D eigenvalue weighted by Gasteiger charge is 2.16. The van der Waals surface area contributed by atoms with Gasteiger partial charge in [0.05, 0.1) is 5.92 Å². The van der Waals surface area contributed by atoms with Crippen LogP contribution in [-0.4, -0.2) is 21.5 Å². The molecule has 5 nitrogen and oxygen atoms in total. The number of nitrogens with one attached hydrogen (secondary N) is 1. The summed E-state index contributed by atoms with van der Waals surface area (Å²) in [6.45, 7) is 2.33. The van der Waals surface area contributed by atoms with Crippen LogP contribution in [0.3, 0.4) is 0 Å². The molecule has 3 rings (SSSR count). The second-order valence-electron chi connectivity index (χ2n) is 4.22. The highest BCUT2D eigenvalue weighted by molar-refractivity contribution is 5.73. The Hall–Kier alpha value is -2.14. The van der Waals surface area contributed by atoms with Gasteiger partial charge in [-0.2, -0.15) is 0 Å². The topological polar surface area (TPSA) is 80.7 Å². The lowest BCUT2D eigenvalue weighted by molar-refractivity contribution is 0.560. The van der Waals surface area contributed by atoms with Gasteiger partial charge in [-0.25, -0.2) is 9.97 Å². The number of nitrogens with zero attached hydrogens (tertiary/aromatic N) is 2. The lowest BCUT2D eigenvalue weighted by Gasteiger charge is -2.12. The van der Waals surface area contributed by atoms with Crippen LogP contribution in [0.5, 0.6) is 0 Å². The molecule has 0 bridgehead atoms. The zero-order valence-corrected chi connectivity index (χ0v) is 10.1. The fourth-order valence-electron chi connectivity index (χ4n) is 2.15. The molecule has 0 amide bonds. The lowest BCUT2D eigenvalue weighted by Crippen LogP contribution is -2.15. The van der Waals surface area contributed by atoms with Crippen LogP contribution in [0.2, 0.25) is 0 Å². The van der Waals surface area contributed by atoms with Crippen molar-refractivity contribution in [2.24, 2.45) is 5.73 Å². The molecular weight excluding hydrogens is 228 g/mol. The predicted molar refractivity (Wildman–Crippen MR) is 68.2 cm³/mol. The normalized spacial score (nSPS) is 13.0. The van der Waals surface area contributed by atoms with Crippen molar-refractivity contribution in [3.8, 4) is 0 Å². The number of H-pyrrole nitrogens is 1. The third-order valence-corrected chi connectivity index (χ3v) is 3.01. The van der Waals surface area contributed by atoms with Gasteiger partial charge < -0.3 is 15.1 Å². The van der Waals surface area contributed by atoms with Crippen LogP contribution in [0.15, 0.2) is 35.0 Å². The molecule has 3 aromatic rings. The third-order valence-electron chi connectivity index (χ3n) is 3.01. The molecule has 0 saturated heterocycles. The largest absolute Gasteiger partial charge is 0.441 e. The molecule has 92 valence electrons. The maximum atomic E-state index is 5.84. The van der Waals surface area contributed by atoms with Crippen LogP contribution in [0.4, 0.5) is 0 Å². The van der Waals surface area contributed by atoms with Gasteiger partial charge in [0.1, 0.15) is 11.3 Å². The Bertz CT molecular complexity index is 657. The molecule has 0 radical (unpaired) electrons. The van der Waals surface area contributed by atoms with Crippen molar-refractivity contribution in [2.75, 3.05) is 6.54 Å². The van der Waals surface area contributed by atoms with E-state index < -0.39 is 0 Å². The Morgan fingerprint density at radius 1 is 1.44 bits per heavy atom. The minimum atomic E-state index is 0.0507. The van der Waals surface area contributed by atoms with Crippen molar-refractivity contribution in [3.05, 3.63) is 47.9 Å². The molecule has 0 fully saturated rings. The molecular formula is C13H14N4O. The van der Waals surface area contributed by atoms with E-state index in [1.54, 1.807) is 12.4 Å². The maximum Gasteiger partial charge on any atom is 0.192 e. The monoisotopic (exact) mass is 242 g/mol. The summed E-state index contributed by atoms with van der Waals surface area (Å²) in [6, 6.07) is 5.95. The standard InChI is InChI=1S/C13H14N4O/c1-8-17-11-3-2-9(6-12(11)18-8)10(7-14)13-15-4-5-16-13/h2-6,10H,7,14H2,1H3,(H,15,16). The smallest absolute Gasteiger partial charge is 0.192 e. The fraction of sp³-hybridized carbons (Fsp3) is 0.231. The number of nitrogens with two attached hydrogens (primary N) is 1. The molecule has 3 N–H and O–H groups in total. The van der Waals surface area contributed by atoms with E-state index in [0.29, 0.717) is 12.4 Å². The van der Waals surface area contributed by atoms with Gasteiger partial charge >= 0.3 is 0 Å². The first-order valence-electron chi connectivity index (χ1n) is 5.84. The van der Waals surface area contributed by atoms with E-state index in [0.717, 1.165) is 22.5 Å². The molecule has 0 aliphatic heterocycles. The first-order chi connectivity index (χ1) is 8.78. The van der Waals surface area contributed by atoms with Crippen molar-refractivity contribution in [1.29, 1.82) is 0 Å². The number of imidazole rings is 1. The van der Waals surface area contributed by atoms with E-state index in [1.165, 1.54) is 0 Å². The zero-order chi connectivity index (χ0) is 12.5. The summed E-state index contributed by atoms with van der Waals surface area (Å²) in [5, 5.41) is 0. The van der Waals surface area contributed by atoms with Crippen LogP contribution in [0.25, 0.3) is 11.1 Å². The van der Waals surface area contributed by atoms with Crippen molar-refractivity contribution in [3.63, 3.8) is 0 Å². The average molecular weight is 242 g/mol. The van der Waals surface area contributed by atoms with Crippen LogP contribution in [0.1, 0.15) is 23.2 Å². The van der Waals surface area contributed by atoms with E-state index in [-0.39, 0.29) is 5.92 Å². The molecule has 2 aromatic heterocycles. The number of benzene rings is 1. The van der Waals surface area contributed by atoms with Gasteiger partial charge in [0.15, 0.2) is 11.5 Å². The number of aromatic nitrogens is 3.